The van der Waals surface area contributed by atoms with Crippen LogP contribution in [-0.2, 0) is 0 Å². The van der Waals surface area contributed by atoms with Crippen molar-refractivity contribution in [2.24, 2.45) is 0 Å². The lowest BCUT2D eigenvalue weighted by atomic mass is 9.97. The summed E-state index contributed by atoms with van der Waals surface area (Å²) in [5, 5.41) is 15.6. The molecule has 5 nitrogen and oxygen atoms in total. The second kappa shape index (κ2) is 4.50. The largest absolute Gasteiger partial charge is 0.385 e. The molecular weight excluding hydrogens is 218 g/mol. The Kier molecular flexibility index (Phi) is 3.22. The average Bonchev–Trinajstić information content (AvgIpc) is 2.72. The summed E-state index contributed by atoms with van der Waals surface area (Å²) in [6.45, 7) is 5.43. The summed E-state index contributed by atoms with van der Waals surface area (Å²) in [4.78, 5) is 12.0. The molecule has 2 heterocycles. The van der Waals surface area contributed by atoms with Crippen molar-refractivity contribution in [1.29, 1.82) is 0 Å². The number of aliphatic hydroxyl groups is 1. The normalized spacial score (nSPS) is 17.9. The monoisotopic (exact) mass is 237 g/mol. The first-order valence-corrected chi connectivity index (χ1v) is 5.90. The molecule has 1 aliphatic rings. The van der Waals surface area contributed by atoms with E-state index in [-0.39, 0.29) is 11.9 Å². The van der Waals surface area contributed by atoms with Crippen LogP contribution in [0.4, 0.5) is 0 Å². The van der Waals surface area contributed by atoms with Gasteiger partial charge in [0.1, 0.15) is 11.3 Å². The first-order valence-electron chi connectivity index (χ1n) is 5.90. The van der Waals surface area contributed by atoms with Crippen LogP contribution >= 0.6 is 0 Å². The van der Waals surface area contributed by atoms with Crippen molar-refractivity contribution in [2.45, 2.75) is 25.5 Å². The highest BCUT2D eigenvalue weighted by atomic mass is 16.3. The van der Waals surface area contributed by atoms with Gasteiger partial charge in [-0.15, -0.1) is 0 Å². The fourth-order valence-electron chi connectivity index (χ4n) is 1.91. The Balaban J connectivity index is 1.97. The van der Waals surface area contributed by atoms with Gasteiger partial charge in [-0.1, -0.05) is 0 Å². The predicted molar refractivity (Wildman–Crippen MR) is 65.0 cm³/mol. The topological polar surface area (TPSA) is 66.3 Å². The SMILES string of the molecule is CC(C)n1cccc1C(=O)NCC1(O)CNC1. The van der Waals surface area contributed by atoms with Crippen molar-refractivity contribution >= 4 is 5.91 Å². The molecule has 0 unspecified atom stereocenters. The van der Waals surface area contributed by atoms with Crippen molar-refractivity contribution in [3.05, 3.63) is 24.0 Å². The molecule has 0 saturated carbocycles. The van der Waals surface area contributed by atoms with Gasteiger partial charge in [-0.05, 0) is 26.0 Å². The summed E-state index contributed by atoms with van der Waals surface area (Å²) in [7, 11) is 0. The van der Waals surface area contributed by atoms with Gasteiger partial charge < -0.3 is 20.3 Å². The van der Waals surface area contributed by atoms with Crippen LogP contribution in [0.25, 0.3) is 0 Å². The Labute approximate surface area is 101 Å². The van der Waals surface area contributed by atoms with Gasteiger partial charge in [0.25, 0.3) is 5.91 Å². The van der Waals surface area contributed by atoms with Crippen LogP contribution < -0.4 is 10.6 Å². The first kappa shape index (κ1) is 12.1. The number of hydrogen-bond acceptors (Lipinski definition) is 3. The number of amides is 1. The Hall–Kier alpha value is -1.33. The number of nitrogens with zero attached hydrogens (tertiary/aromatic N) is 1. The second-order valence-corrected chi connectivity index (χ2v) is 4.91. The van der Waals surface area contributed by atoms with Crippen LogP contribution in [0.15, 0.2) is 18.3 Å². The predicted octanol–water partition coefficient (Wildman–Crippen LogP) is 0.133. The Morgan fingerprint density at radius 3 is 2.88 bits per heavy atom. The third-order valence-electron chi connectivity index (χ3n) is 3.05. The number of carbonyl (C=O) groups excluding carboxylic acids is 1. The van der Waals surface area contributed by atoms with Crippen molar-refractivity contribution in [3.8, 4) is 0 Å². The van der Waals surface area contributed by atoms with E-state index in [9.17, 15) is 9.90 Å². The lowest BCUT2D eigenvalue weighted by Crippen LogP contribution is -2.64. The molecule has 1 aromatic rings. The van der Waals surface area contributed by atoms with E-state index >= 15 is 0 Å². The highest BCUT2D eigenvalue weighted by molar-refractivity contribution is 5.92. The summed E-state index contributed by atoms with van der Waals surface area (Å²) in [6, 6.07) is 3.90. The van der Waals surface area contributed by atoms with Crippen LogP contribution in [0.3, 0.4) is 0 Å². The minimum absolute atomic E-state index is 0.135. The zero-order chi connectivity index (χ0) is 12.5. The molecule has 0 aromatic carbocycles. The molecule has 1 aliphatic heterocycles. The molecule has 0 bridgehead atoms. The van der Waals surface area contributed by atoms with Crippen LogP contribution in [0.2, 0.25) is 0 Å². The summed E-state index contributed by atoms with van der Waals surface area (Å²) >= 11 is 0. The van der Waals surface area contributed by atoms with Gasteiger partial charge in [-0.3, -0.25) is 4.79 Å². The van der Waals surface area contributed by atoms with E-state index in [4.69, 9.17) is 0 Å². The zero-order valence-corrected chi connectivity index (χ0v) is 10.2. The molecule has 1 saturated heterocycles. The molecule has 0 spiro atoms. The van der Waals surface area contributed by atoms with Gasteiger partial charge in [-0.2, -0.15) is 0 Å². The quantitative estimate of drug-likeness (QED) is 0.697. The first-order chi connectivity index (χ1) is 8.02. The second-order valence-electron chi connectivity index (χ2n) is 4.91. The van der Waals surface area contributed by atoms with Crippen LogP contribution in [0.5, 0.6) is 0 Å². The number of rotatable bonds is 4. The van der Waals surface area contributed by atoms with E-state index in [0.29, 0.717) is 25.3 Å². The summed E-state index contributed by atoms with van der Waals surface area (Å²) in [6.07, 6.45) is 1.89. The van der Waals surface area contributed by atoms with Crippen LogP contribution in [-0.4, -0.2) is 40.8 Å². The molecule has 0 aliphatic carbocycles. The standard InChI is InChI=1S/C12H19N3O2/c1-9(2)15-5-3-4-10(15)11(16)14-8-12(17)6-13-7-12/h3-5,9,13,17H,6-8H2,1-2H3,(H,14,16). The van der Waals surface area contributed by atoms with Gasteiger partial charge in [0, 0.05) is 31.9 Å². The van der Waals surface area contributed by atoms with Gasteiger partial charge in [-0.25, -0.2) is 0 Å². The maximum atomic E-state index is 12.0. The van der Waals surface area contributed by atoms with Gasteiger partial charge in [0.05, 0.1) is 0 Å². The molecule has 17 heavy (non-hydrogen) atoms. The number of aromatic nitrogens is 1. The van der Waals surface area contributed by atoms with Gasteiger partial charge in [0.15, 0.2) is 0 Å². The van der Waals surface area contributed by atoms with Crippen molar-refractivity contribution in [3.63, 3.8) is 0 Å². The van der Waals surface area contributed by atoms with Crippen LogP contribution in [0.1, 0.15) is 30.4 Å². The van der Waals surface area contributed by atoms with E-state index in [1.807, 2.05) is 30.7 Å². The maximum Gasteiger partial charge on any atom is 0.268 e. The molecular formula is C12H19N3O2. The third kappa shape index (κ3) is 2.50. The maximum absolute atomic E-state index is 12.0. The number of β-amino-alcohol motifs (C(OH)–C–C–N with tert-alkyl or cyclic N) is 1. The molecule has 1 aromatic heterocycles. The summed E-state index contributed by atoms with van der Waals surface area (Å²) in [5.41, 5.74) is -0.138. The zero-order valence-electron chi connectivity index (χ0n) is 10.2. The molecule has 3 N–H and O–H groups in total. The van der Waals surface area contributed by atoms with E-state index in [1.165, 1.54) is 0 Å². The average molecular weight is 237 g/mol. The van der Waals surface area contributed by atoms with Gasteiger partial charge in [0.2, 0.25) is 0 Å². The van der Waals surface area contributed by atoms with Crippen LogP contribution in [0, 0.1) is 0 Å². The van der Waals surface area contributed by atoms with Crippen molar-refractivity contribution in [1.82, 2.24) is 15.2 Å². The summed E-state index contributed by atoms with van der Waals surface area (Å²) in [5.74, 6) is -0.135. The molecule has 1 amide bonds. The third-order valence-corrected chi connectivity index (χ3v) is 3.05. The minimum atomic E-state index is -0.773. The molecule has 0 radical (unpaired) electrons. The lowest BCUT2D eigenvalue weighted by Gasteiger charge is -2.37. The number of carbonyl (C=O) groups is 1. The van der Waals surface area contributed by atoms with E-state index in [0.717, 1.165) is 0 Å². The highest BCUT2D eigenvalue weighted by Gasteiger charge is 2.34. The lowest BCUT2D eigenvalue weighted by molar-refractivity contribution is -0.00767. The molecule has 0 atom stereocenters. The fraction of sp³-hybridized carbons (Fsp3) is 0.583. The van der Waals surface area contributed by atoms with E-state index in [2.05, 4.69) is 10.6 Å². The fourth-order valence-corrected chi connectivity index (χ4v) is 1.91. The Bertz CT molecular complexity index is 408. The van der Waals surface area contributed by atoms with E-state index < -0.39 is 5.60 Å². The van der Waals surface area contributed by atoms with E-state index in [1.54, 1.807) is 6.07 Å². The minimum Gasteiger partial charge on any atom is -0.385 e. The highest BCUT2D eigenvalue weighted by Crippen LogP contribution is 2.12. The molecule has 2 rings (SSSR count). The Morgan fingerprint density at radius 2 is 2.35 bits per heavy atom. The number of nitrogens with one attached hydrogen (secondary N) is 2. The smallest absolute Gasteiger partial charge is 0.268 e. The Morgan fingerprint density at radius 1 is 1.65 bits per heavy atom. The van der Waals surface area contributed by atoms with Crippen molar-refractivity contribution in [2.75, 3.05) is 19.6 Å². The molecule has 94 valence electrons. The summed E-state index contributed by atoms with van der Waals surface area (Å²) < 4.78 is 1.92. The molecule has 1 fully saturated rings. The van der Waals surface area contributed by atoms with Crippen molar-refractivity contribution < 1.29 is 9.90 Å². The molecule has 5 heteroatoms. The van der Waals surface area contributed by atoms with Gasteiger partial charge >= 0.3 is 0 Å². The number of hydrogen-bond donors (Lipinski definition) is 3.